The Labute approximate surface area is 136 Å². The number of carbonyl (C=O) groups is 1. The van der Waals surface area contributed by atoms with Gasteiger partial charge < -0.3 is 5.32 Å². The van der Waals surface area contributed by atoms with Crippen molar-refractivity contribution in [1.29, 1.82) is 0 Å². The van der Waals surface area contributed by atoms with Crippen molar-refractivity contribution >= 4 is 35.0 Å². The van der Waals surface area contributed by atoms with E-state index in [0.717, 1.165) is 5.56 Å². The normalized spacial score (nSPS) is 12.2. The molecule has 1 aromatic heterocycles. The van der Waals surface area contributed by atoms with E-state index in [4.69, 9.17) is 11.6 Å². The number of nitrogens with zero attached hydrogens (tertiary/aromatic N) is 1. The van der Waals surface area contributed by atoms with E-state index in [-0.39, 0.29) is 5.91 Å². The Balaban J connectivity index is 2.15. The van der Waals surface area contributed by atoms with E-state index in [9.17, 15) is 9.59 Å². The van der Waals surface area contributed by atoms with Gasteiger partial charge in [0.1, 0.15) is 0 Å². The van der Waals surface area contributed by atoms with Gasteiger partial charge in [-0.25, -0.2) is 4.79 Å². The number of aromatic nitrogens is 2. The van der Waals surface area contributed by atoms with E-state index in [1.165, 1.54) is 16.4 Å². The molecule has 0 spiro atoms. The monoisotopic (exact) mass is 342 g/mol. The first-order chi connectivity index (χ1) is 10.4. The molecule has 0 saturated carbocycles. The first-order valence-corrected chi connectivity index (χ1v) is 7.99. The highest BCUT2D eigenvalue weighted by Gasteiger charge is 2.27. The number of benzene rings is 1. The molecule has 118 valence electrons. The average molecular weight is 343 g/mol. The van der Waals surface area contributed by atoms with Gasteiger partial charge in [0, 0.05) is 10.7 Å². The number of carbonyl (C=O) groups excluding carboxylic acids is 1. The molecular formula is C14H17ClN3O3S+. The molecule has 0 bridgehead atoms. The number of anilines is 1. The summed E-state index contributed by atoms with van der Waals surface area (Å²) in [4.78, 5) is 24.0. The Hall–Kier alpha value is -1.73. The van der Waals surface area contributed by atoms with Gasteiger partial charge in [-0.15, -0.1) is 0 Å². The maximum absolute atomic E-state index is 12.4. The standard InChI is InChI=1S/C14H16ClN3O3S/c1-4-11(22-13-14(20)21-17-18(13)3)12(19)16-10-7-9(15)6-5-8(10)2/h5-7,11H,4H2,1-3H3,(H-,16,17,19,20)/p+1. The number of aromatic amines is 1. The van der Waals surface area contributed by atoms with Crippen LogP contribution in [-0.4, -0.2) is 16.4 Å². The topological polar surface area (TPSA) is 79.0 Å². The lowest BCUT2D eigenvalue weighted by Crippen LogP contribution is -2.35. The summed E-state index contributed by atoms with van der Waals surface area (Å²) in [5, 5.41) is 5.78. The summed E-state index contributed by atoms with van der Waals surface area (Å²) in [7, 11) is 1.65. The van der Waals surface area contributed by atoms with Crippen LogP contribution in [0.1, 0.15) is 18.9 Å². The Kier molecular flexibility index (Phi) is 5.31. The van der Waals surface area contributed by atoms with E-state index in [2.05, 4.69) is 15.1 Å². The third kappa shape index (κ3) is 3.72. The molecule has 2 aromatic rings. The van der Waals surface area contributed by atoms with Crippen LogP contribution in [0.5, 0.6) is 0 Å². The van der Waals surface area contributed by atoms with Crippen LogP contribution in [0.3, 0.4) is 0 Å². The van der Waals surface area contributed by atoms with Gasteiger partial charge in [0.05, 0.1) is 5.25 Å². The Morgan fingerprint density at radius 2 is 2.27 bits per heavy atom. The predicted molar refractivity (Wildman–Crippen MR) is 85.3 cm³/mol. The first-order valence-electron chi connectivity index (χ1n) is 6.73. The number of rotatable bonds is 5. The van der Waals surface area contributed by atoms with Crippen LogP contribution in [-0.2, 0) is 11.8 Å². The molecule has 1 amide bonds. The maximum atomic E-state index is 12.4. The number of nitrogens with one attached hydrogen (secondary N) is 2. The van der Waals surface area contributed by atoms with Gasteiger partial charge >= 0.3 is 10.7 Å². The third-order valence-corrected chi connectivity index (χ3v) is 4.86. The summed E-state index contributed by atoms with van der Waals surface area (Å²) in [5.74, 6) is -0.182. The molecule has 8 heteroatoms. The van der Waals surface area contributed by atoms with Gasteiger partial charge in [-0.05, 0) is 48.1 Å². The summed E-state index contributed by atoms with van der Waals surface area (Å²) in [6.45, 7) is 3.77. The molecule has 1 atom stereocenters. The SMILES string of the molecule is CCC(Sc1c(=O)o[nH][n+]1C)C(=O)Nc1cc(Cl)ccc1C. The third-order valence-electron chi connectivity index (χ3n) is 3.13. The van der Waals surface area contributed by atoms with Crippen molar-refractivity contribution in [2.75, 3.05) is 5.32 Å². The number of H-pyrrole nitrogens is 1. The van der Waals surface area contributed by atoms with Gasteiger partial charge in [0.2, 0.25) is 5.91 Å². The highest BCUT2D eigenvalue weighted by molar-refractivity contribution is 8.00. The van der Waals surface area contributed by atoms with Crippen molar-refractivity contribution < 1.29 is 14.0 Å². The van der Waals surface area contributed by atoms with E-state index >= 15 is 0 Å². The Bertz CT molecular complexity index is 741. The fraction of sp³-hybridized carbons (Fsp3) is 0.357. The largest absolute Gasteiger partial charge is 0.441 e. The number of amides is 1. The van der Waals surface area contributed by atoms with Crippen molar-refractivity contribution in [3.8, 4) is 0 Å². The first kappa shape index (κ1) is 16.6. The fourth-order valence-corrected chi connectivity index (χ4v) is 2.97. The quantitative estimate of drug-likeness (QED) is 0.645. The van der Waals surface area contributed by atoms with Gasteiger partial charge in [0.15, 0.2) is 7.05 Å². The lowest BCUT2D eigenvalue weighted by molar-refractivity contribution is -0.772. The van der Waals surface area contributed by atoms with Crippen molar-refractivity contribution in [3.63, 3.8) is 0 Å². The minimum absolute atomic E-state index is 0.182. The van der Waals surface area contributed by atoms with Crippen molar-refractivity contribution in [1.82, 2.24) is 5.27 Å². The molecule has 1 aromatic carbocycles. The summed E-state index contributed by atoms with van der Waals surface area (Å²) in [6.07, 6.45) is 0.570. The van der Waals surface area contributed by atoms with Gasteiger partial charge in [-0.2, -0.15) is 0 Å². The molecule has 0 aliphatic heterocycles. The number of aryl methyl sites for hydroxylation is 2. The summed E-state index contributed by atoms with van der Waals surface area (Å²) in [6, 6.07) is 5.31. The fourth-order valence-electron chi connectivity index (χ4n) is 1.86. The number of halogens is 1. The van der Waals surface area contributed by atoms with E-state index in [1.54, 1.807) is 19.2 Å². The lowest BCUT2D eigenvalue weighted by Gasteiger charge is -2.13. The molecule has 22 heavy (non-hydrogen) atoms. The van der Waals surface area contributed by atoms with Crippen LogP contribution in [0.4, 0.5) is 5.69 Å². The van der Waals surface area contributed by atoms with E-state index in [1.807, 2.05) is 19.9 Å². The second kappa shape index (κ2) is 7.02. The number of thioether (sulfide) groups is 1. The van der Waals surface area contributed by atoms with E-state index in [0.29, 0.717) is 22.2 Å². The second-order valence-electron chi connectivity index (χ2n) is 4.81. The molecule has 2 N–H and O–H groups in total. The Morgan fingerprint density at radius 1 is 1.55 bits per heavy atom. The van der Waals surface area contributed by atoms with Crippen molar-refractivity contribution in [2.45, 2.75) is 30.5 Å². The van der Waals surface area contributed by atoms with Gasteiger partial charge in [0.25, 0.3) is 0 Å². The summed E-state index contributed by atoms with van der Waals surface area (Å²) in [5.41, 5.74) is 1.10. The molecule has 0 aliphatic carbocycles. The smallest absolute Gasteiger partial charge is 0.325 e. The molecule has 1 unspecified atom stereocenters. The molecular weight excluding hydrogens is 326 g/mol. The van der Waals surface area contributed by atoms with Crippen LogP contribution in [0.2, 0.25) is 5.02 Å². The zero-order valence-corrected chi connectivity index (χ0v) is 14.0. The van der Waals surface area contributed by atoms with Crippen LogP contribution < -0.4 is 15.6 Å². The molecule has 1 heterocycles. The second-order valence-corrected chi connectivity index (χ2v) is 6.44. The van der Waals surface area contributed by atoms with E-state index < -0.39 is 10.9 Å². The average Bonchev–Trinajstić information content (AvgIpc) is 2.79. The molecule has 0 radical (unpaired) electrons. The zero-order chi connectivity index (χ0) is 16.3. The minimum Gasteiger partial charge on any atom is -0.325 e. The number of hydrogen-bond donors (Lipinski definition) is 2. The van der Waals surface area contributed by atoms with Crippen molar-refractivity contribution in [3.05, 3.63) is 39.2 Å². The molecule has 6 nitrogen and oxygen atoms in total. The molecule has 2 rings (SSSR count). The molecule has 0 saturated heterocycles. The highest BCUT2D eigenvalue weighted by atomic mass is 35.5. The number of hydrogen-bond acceptors (Lipinski definition) is 4. The van der Waals surface area contributed by atoms with Gasteiger partial charge in [-0.3, -0.25) is 9.32 Å². The van der Waals surface area contributed by atoms with Crippen LogP contribution in [0.25, 0.3) is 0 Å². The van der Waals surface area contributed by atoms with Crippen LogP contribution in [0, 0.1) is 6.92 Å². The van der Waals surface area contributed by atoms with Crippen LogP contribution >= 0.6 is 23.4 Å². The maximum Gasteiger partial charge on any atom is 0.441 e. The summed E-state index contributed by atoms with van der Waals surface area (Å²) >= 11 is 7.12. The van der Waals surface area contributed by atoms with Gasteiger partial charge in [-0.1, -0.05) is 29.3 Å². The summed E-state index contributed by atoms with van der Waals surface area (Å²) < 4.78 is 6.14. The van der Waals surface area contributed by atoms with Crippen molar-refractivity contribution in [2.24, 2.45) is 7.05 Å². The highest BCUT2D eigenvalue weighted by Crippen LogP contribution is 2.24. The predicted octanol–water partition coefficient (Wildman–Crippen LogP) is 2.26. The lowest BCUT2D eigenvalue weighted by atomic mass is 10.2. The Morgan fingerprint density at radius 3 is 2.86 bits per heavy atom. The van der Waals surface area contributed by atoms with Crippen LogP contribution in [0.15, 0.2) is 32.5 Å². The molecule has 0 fully saturated rings. The molecule has 0 aliphatic rings. The zero-order valence-electron chi connectivity index (χ0n) is 12.5. The minimum atomic E-state index is -0.488.